The van der Waals surface area contributed by atoms with E-state index in [9.17, 15) is 4.39 Å². The number of hydrogen-bond donors (Lipinski definition) is 0. The SMILES string of the molecule is CCC1(C)CC(Cc2ccc(F)cc2)(c2ccccc2C)CCO1. The molecule has 1 aliphatic heterocycles. The molecule has 0 amide bonds. The fourth-order valence-corrected chi connectivity index (χ4v) is 4.21. The molecule has 1 fully saturated rings. The first-order valence-electron chi connectivity index (χ1n) is 8.91. The summed E-state index contributed by atoms with van der Waals surface area (Å²) in [5.41, 5.74) is 3.89. The maximum absolute atomic E-state index is 13.3. The molecule has 1 aliphatic rings. The first-order valence-corrected chi connectivity index (χ1v) is 8.91. The summed E-state index contributed by atoms with van der Waals surface area (Å²) in [6.45, 7) is 7.40. The second-order valence-electron chi connectivity index (χ2n) is 7.48. The first kappa shape index (κ1) is 17.2. The Morgan fingerprint density at radius 3 is 2.46 bits per heavy atom. The summed E-state index contributed by atoms with van der Waals surface area (Å²) >= 11 is 0. The van der Waals surface area contributed by atoms with Crippen LogP contribution in [0.3, 0.4) is 0 Å². The third kappa shape index (κ3) is 3.39. The molecule has 2 aromatic rings. The Morgan fingerprint density at radius 2 is 1.79 bits per heavy atom. The number of aryl methyl sites for hydroxylation is 1. The molecule has 1 heterocycles. The summed E-state index contributed by atoms with van der Waals surface area (Å²) in [5.74, 6) is -0.172. The Labute approximate surface area is 144 Å². The van der Waals surface area contributed by atoms with E-state index in [1.165, 1.54) is 16.7 Å². The van der Waals surface area contributed by atoms with Gasteiger partial charge in [0.05, 0.1) is 5.60 Å². The van der Waals surface area contributed by atoms with Crippen molar-refractivity contribution in [2.75, 3.05) is 6.61 Å². The van der Waals surface area contributed by atoms with Gasteiger partial charge in [0.2, 0.25) is 0 Å². The van der Waals surface area contributed by atoms with E-state index >= 15 is 0 Å². The Balaban J connectivity index is 2.03. The standard InChI is InChI=1S/C22H27FO/c1-4-21(3)16-22(13-14-24-21,20-8-6-5-7-17(20)2)15-18-9-11-19(23)12-10-18/h5-12H,4,13-16H2,1-3H3. The summed E-state index contributed by atoms with van der Waals surface area (Å²) in [5, 5.41) is 0. The summed E-state index contributed by atoms with van der Waals surface area (Å²) < 4.78 is 19.4. The van der Waals surface area contributed by atoms with Gasteiger partial charge in [-0.3, -0.25) is 0 Å². The second-order valence-corrected chi connectivity index (χ2v) is 7.48. The van der Waals surface area contributed by atoms with Crippen molar-refractivity contribution >= 4 is 0 Å². The zero-order chi connectivity index (χ0) is 17.2. The lowest BCUT2D eigenvalue weighted by Crippen LogP contribution is -2.47. The smallest absolute Gasteiger partial charge is 0.123 e. The van der Waals surface area contributed by atoms with Crippen LogP contribution in [0.5, 0.6) is 0 Å². The zero-order valence-corrected chi connectivity index (χ0v) is 14.9. The van der Waals surface area contributed by atoms with Gasteiger partial charge in [-0.15, -0.1) is 0 Å². The minimum Gasteiger partial charge on any atom is -0.375 e. The Bertz CT molecular complexity index is 693. The third-order valence-corrected chi connectivity index (χ3v) is 5.66. The van der Waals surface area contributed by atoms with Gasteiger partial charge in [-0.2, -0.15) is 0 Å². The average Bonchev–Trinajstić information content (AvgIpc) is 2.57. The van der Waals surface area contributed by atoms with E-state index in [1.807, 2.05) is 12.1 Å². The van der Waals surface area contributed by atoms with E-state index in [0.29, 0.717) is 0 Å². The van der Waals surface area contributed by atoms with Crippen molar-refractivity contribution in [3.8, 4) is 0 Å². The number of ether oxygens (including phenoxy) is 1. The Kier molecular flexibility index (Phi) is 4.78. The van der Waals surface area contributed by atoms with Crippen molar-refractivity contribution in [2.24, 2.45) is 0 Å². The number of halogens is 1. The Morgan fingerprint density at radius 1 is 1.08 bits per heavy atom. The predicted molar refractivity (Wildman–Crippen MR) is 96.8 cm³/mol. The van der Waals surface area contributed by atoms with Crippen LogP contribution in [0.2, 0.25) is 0 Å². The van der Waals surface area contributed by atoms with Crippen molar-refractivity contribution < 1.29 is 9.13 Å². The van der Waals surface area contributed by atoms with Crippen molar-refractivity contribution in [2.45, 2.75) is 57.5 Å². The largest absolute Gasteiger partial charge is 0.375 e. The van der Waals surface area contributed by atoms with Crippen molar-refractivity contribution in [3.63, 3.8) is 0 Å². The maximum atomic E-state index is 13.3. The zero-order valence-electron chi connectivity index (χ0n) is 14.9. The highest BCUT2D eigenvalue weighted by Gasteiger charge is 2.44. The highest BCUT2D eigenvalue weighted by molar-refractivity contribution is 5.37. The lowest BCUT2D eigenvalue weighted by Gasteiger charge is -2.47. The van der Waals surface area contributed by atoms with E-state index in [2.05, 4.69) is 45.0 Å². The van der Waals surface area contributed by atoms with E-state index in [0.717, 1.165) is 32.3 Å². The molecule has 0 radical (unpaired) electrons. The molecule has 128 valence electrons. The van der Waals surface area contributed by atoms with Gasteiger partial charge in [-0.25, -0.2) is 4.39 Å². The Hall–Kier alpha value is -1.67. The van der Waals surface area contributed by atoms with Gasteiger partial charge < -0.3 is 4.74 Å². The summed E-state index contributed by atoms with van der Waals surface area (Å²) in [6, 6.07) is 15.7. The summed E-state index contributed by atoms with van der Waals surface area (Å²) in [6.07, 6.45) is 3.94. The molecule has 2 atom stereocenters. The molecular formula is C22H27FO. The predicted octanol–water partition coefficient (Wildman–Crippen LogP) is 5.59. The normalized spacial score (nSPS) is 27.2. The van der Waals surface area contributed by atoms with Crippen LogP contribution < -0.4 is 0 Å². The van der Waals surface area contributed by atoms with E-state index in [-0.39, 0.29) is 16.8 Å². The number of hydrogen-bond acceptors (Lipinski definition) is 1. The van der Waals surface area contributed by atoms with Gasteiger partial charge in [0.25, 0.3) is 0 Å². The molecule has 1 saturated heterocycles. The fourth-order valence-electron chi connectivity index (χ4n) is 4.21. The molecule has 0 saturated carbocycles. The molecule has 0 aromatic heterocycles. The van der Waals surface area contributed by atoms with Gasteiger partial charge in [-0.1, -0.05) is 43.3 Å². The minimum atomic E-state index is -0.172. The molecular weight excluding hydrogens is 299 g/mol. The first-order chi connectivity index (χ1) is 11.5. The van der Waals surface area contributed by atoms with Crippen LogP contribution in [-0.4, -0.2) is 12.2 Å². The molecule has 2 unspecified atom stereocenters. The van der Waals surface area contributed by atoms with Gasteiger partial charge in [0.1, 0.15) is 5.82 Å². The van der Waals surface area contributed by atoms with Crippen molar-refractivity contribution in [3.05, 3.63) is 71.0 Å². The molecule has 24 heavy (non-hydrogen) atoms. The maximum Gasteiger partial charge on any atom is 0.123 e. The van der Waals surface area contributed by atoms with Crippen LogP contribution in [0.4, 0.5) is 4.39 Å². The van der Waals surface area contributed by atoms with E-state index in [4.69, 9.17) is 4.74 Å². The fraction of sp³-hybridized carbons (Fsp3) is 0.455. The van der Waals surface area contributed by atoms with Gasteiger partial charge in [0, 0.05) is 12.0 Å². The lowest BCUT2D eigenvalue weighted by molar-refractivity contribution is -0.0966. The van der Waals surface area contributed by atoms with Crippen molar-refractivity contribution in [1.29, 1.82) is 0 Å². The summed E-state index contributed by atoms with van der Waals surface area (Å²) in [7, 11) is 0. The van der Waals surface area contributed by atoms with Gasteiger partial charge in [0.15, 0.2) is 0 Å². The average molecular weight is 326 g/mol. The second kappa shape index (κ2) is 6.68. The topological polar surface area (TPSA) is 9.23 Å². The van der Waals surface area contributed by atoms with Crippen molar-refractivity contribution in [1.82, 2.24) is 0 Å². The highest BCUT2D eigenvalue weighted by atomic mass is 19.1. The molecule has 0 N–H and O–H groups in total. The van der Waals surface area contributed by atoms with Crippen LogP contribution in [0, 0.1) is 12.7 Å². The van der Waals surface area contributed by atoms with Crippen LogP contribution in [0.25, 0.3) is 0 Å². The molecule has 0 bridgehead atoms. The number of rotatable bonds is 4. The highest BCUT2D eigenvalue weighted by Crippen LogP contribution is 2.46. The van der Waals surface area contributed by atoms with Crippen LogP contribution in [0.15, 0.2) is 48.5 Å². The van der Waals surface area contributed by atoms with E-state index < -0.39 is 0 Å². The number of benzene rings is 2. The van der Waals surface area contributed by atoms with Gasteiger partial charge in [-0.05, 0) is 68.4 Å². The third-order valence-electron chi connectivity index (χ3n) is 5.66. The monoisotopic (exact) mass is 326 g/mol. The molecule has 3 rings (SSSR count). The quantitative estimate of drug-likeness (QED) is 0.711. The lowest BCUT2D eigenvalue weighted by atomic mass is 9.64. The molecule has 0 aliphatic carbocycles. The van der Waals surface area contributed by atoms with Crippen LogP contribution >= 0.6 is 0 Å². The molecule has 0 spiro atoms. The minimum absolute atomic E-state index is 0.0478. The molecule has 1 nitrogen and oxygen atoms in total. The van der Waals surface area contributed by atoms with Gasteiger partial charge >= 0.3 is 0 Å². The van der Waals surface area contributed by atoms with Crippen LogP contribution in [0.1, 0.15) is 49.8 Å². The van der Waals surface area contributed by atoms with Crippen LogP contribution in [-0.2, 0) is 16.6 Å². The molecule has 2 heteroatoms. The molecule has 2 aromatic carbocycles. The summed E-state index contributed by atoms with van der Waals surface area (Å²) in [4.78, 5) is 0. The van der Waals surface area contributed by atoms with E-state index in [1.54, 1.807) is 12.1 Å².